The highest BCUT2D eigenvalue weighted by molar-refractivity contribution is 9.10. The molecule has 5 heteroatoms. The number of benzene rings is 2. The predicted molar refractivity (Wildman–Crippen MR) is 85.6 cm³/mol. The summed E-state index contributed by atoms with van der Waals surface area (Å²) in [5.74, 6) is 0.743. The molecule has 0 saturated carbocycles. The fraction of sp³-hybridized carbons (Fsp3) is 0.200. The number of hydrogen-bond acceptors (Lipinski definition) is 3. The molecular weight excluding hydrogens is 342 g/mol. The number of hydrogen-bond donors (Lipinski definition) is 2. The first kappa shape index (κ1) is 15.2. The quantitative estimate of drug-likeness (QED) is 0.841. The summed E-state index contributed by atoms with van der Waals surface area (Å²) in [6.07, 6.45) is 0. The summed E-state index contributed by atoms with van der Waals surface area (Å²) in [6.45, 7) is -0.0411. The summed E-state index contributed by atoms with van der Waals surface area (Å²) in [6, 6.07) is 12.9. The van der Waals surface area contributed by atoms with E-state index in [0.29, 0.717) is 5.02 Å². The number of ether oxygens (including phenoxy) is 1. The van der Waals surface area contributed by atoms with Gasteiger partial charge in [0.1, 0.15) is 5.75 Å². The minimum atomic E-state index is -0.251. The Morgan fingerprint density at radius 1 is 1.30 bits per heavy atom. The van der Waals surface area contributed by atoms with Crippen molar-refractivity contribution in [3.05, 3.63) is 57.5 Å². The zero-order chi connectivity index (χ0) is 14.5. The highest BCUT2D eigenvalue weighted by atomic mass is 79.9. The third-order valence-electron chi connectivity index (χ3n) is 2.96. The molecule has 0 aliphatic rings. The van der Waals surface area contributed by atoms with E-state index in [0.717, 1.165) is 21.5 Å². The lowest BCUT2D eigenvalue weighted by molar-refractivity contribution is 0.273. The molecule has 0 amide bonds. The predicted octanol–water partition coefficient (Wildman–Crippen LogP) is 4.26. The fourth-order valence-corrected chi connectivity index (χ4v) is 2.46. The molecule has 0 radical (unpaired) electrons. The van der Waals surface area contributed by atoms with E-state index in [1.165, 1.54) is 0 Å². The number of aliphatic hydroxyl groups is 1. The zero-order valence-electron chi connectivity index (χ0n) is 10.9. The van der Waals surface area contributed by atoms with Crippen molar-refractivity contribution in [2.24, 2.45) is 0 Å². The smallest absolute Gasteiger partial charge is 0.124 e. The number of nitrogens with one attached hydrogen (secondary N) is 1. The first-order chi connectivity index (χ1) is 9.65. The van der Waals surface area contributed by atoms with E-state index < -0.39 is 0 Å². The number of rotatable bonds is 5. The maximum absolute atomic E-state index is 9.63. The van der Waals surface area contributed by atoms with Gasteiger partial charge in [0.2, 0.25) is 0 Å². The SMILES string of the molecule is COc1ccccc1C(CO)Nc1ccc(Cl)c(Br)c1. The van der Waals surface area contributed by atoms with Gasteiger partial charge in [0.15, 0.2) is 0 Å². The van der Waals surface area contributed by atoms with Crippen molar-refractivity contribution in [3.63, 3.8) is 0 Å². The van der Waals surface area contributed by atoms with Gasteiger partial charge in [-0.15, -0.1) is 0 Å². The van der Waals surface area contributed by atoms with E-state index in [4.69, 9.17) is 16.3 Å². The molecule has 0 spiro atoms. The molecule has 106 valence electrons. The molecule has 0 bridgehead atoms. The molecule has 0 saturated heterocycles. The molecule has 0 aliphatic heterocycles. The van der Waals surface area contributed by atoms with E-state index in [1.54, 1.807) is 13.2 Å². The lowest BCUT2D eigenvalue weighted by Crippen LogP contribution is -2.15. The average Bonchev–Trinajstić information content (AvgIpc) is 2.48. The summed E-state index contributed by atoms with van der Waals surface area (Å²) < 4.78 is 6.13. The zero-order valence-corrected chi connectivity index (χ0v) is 13.3. The van der Waals surface area contributed by atoms with Crippen LogP contribution in [-0.4, -0.2) is 18.8 Å². The van der Waals surface area contributed by atoms with Crippen molar-refractivity contribution >= 4 is 33.2 Å². The molecule has 2 aromatic rings. The van der Waals surface area contributed by atoms with Crippen LogP contribution in [-0.2, 0) is 0 Å². The number of methoxy groups -OCH3 is 1. The van der Waals surface area contributed by atoms with Crippen LogP contribution in [0.3, 0.4) is 0 Å². The summed E-state index contributed by atoms with van der Waals surface area (Å²) in [4.78, 5) is 0. The normalized spacial score (nSPS) is 12.0. The van der Waals surface area contributed by atoms with Crippen LogP contribution >= 0.6 is 27.5 Å². The summed E-state index contributed by atoms with van der Waals surface area (Å²) >= 11 is 9.35. The van der Waals surface area contributed by atoms with Gasteiger partial charge in [0.25, 0.3) is 0 Å². The molecule has 1 atom stereocenters. The first-order valence-corrected chi connectivity index (χ1v) is 7.28. The Balaban J connectivity index is 2.26. The molecule has 0 fully saturated rings. The molecule has 2 N–H and O–H groups in total. The van der Waals surface area contributed by atoms with Crippen molar-refractivity contribution in [2.45, 2.75) is 6.04 Å². The topological polar surface area (TPSA) is 41.5 Å². The monoisotopic (exact) mass is 355 g/mol. The van der Waals surface area contributed by atoms with Gasteiger partial charge in [-0.05, 0) is 40.2 Å². The number of anilines is 1. The lowest BCUT2D eigenvalue weighted by atomic mass is 10.1. The molecule has 20 heavy (non-hydrogen) atoms. The number of halogens is 2. The fourth-order valence-electron chi connectivity index (χ4n) is 1.96. The maximum Gasteiger partial charge on any atom is 0.124 e. The second kappa shape index (κ2) is 6.97. The van der Waals surface area contributed by atoms with E-state index in [-0.39, 0.29) is 12.6 Å². The van der Waals surface area contributed by atoms with E-state index in [2.05, 4.69) is 21.2 Å². The highest BCUT2D eigenvalue weighted by Gasteiger charge is 2.15. The highest BCUT2D eigenvalue weighted by Crippen LogP contribution is 2.30. The van der Waals surface area contributed by atoms with E-state index in [9.17, 15) is 5.11 Å². The second-order valence-corrected chi connectivity index (χ2v) is 5.51. The Kier molecular flexibility index (Phi) is 5.29. The Labute approximate surface area is 131 Å². The van der Waals surface area contributed by atoms with Gasteiger partial charge in [0.05, 0.1) is 24.8 Å². The van der Waals surface area contributed by atoms with Crippen LogP contribution < -0.4 is 10.1 Å². The van der Waals surface area contributed by atoms with Crippen LogP contribution in [0.5, 0.6) is 5.75 Å². The molecule has 1 unspecified atom stereocenters. The maximum atomic E-state index is 9.63. The lowest BCUT2D eigenvalue weighted by Gasteiger charge is -2.20. The third-order valence-corrected chi connectivity index (χ3v) is 4.17. The second-order valence-electron chi connectivity index (χ2n) is 4.25. The van der Waals surface area contributed by atoms with Crippen molar-refractivity contribution in [1.29, 1.82) is 0 Å². The van der Waals surface area contributed by atoms with E-state index >= 15 is 0 Å². The van der Waals surface area contributed by atoms with Gasteiger partial charge in [0, 0.05) is 15.7 Å². The first-order valence-electron chi connectivity index (χ1n) is 6.11. The van der Waals surface area contributed by atoms with Crippen LogP contribution in [0.2, 0.25) is 5.02 Å². The Bertz CT molecular complexity index is 592. The van der Waals surface area contributed by atoms with Crippen LogP contribution in [0.4, 0.5) is 5.69 Å². The molecule has 3 nitrogen and oxygen atoms in total. The van der Waals surface area contributed by atoms with Crippen molar-refractivity contribution in [2.75, 3.05) is 19.0 Å². The largest absolute Gasteiger partial charge is 0.496 e. The van der Waals surface area contributed by atoms with Gasteiger partial charge in [-0.2, -0.15) is 0 Å². The van der Waals surface area contributed by atoms with Crippen LogP contribution in [0.15, 0.2) is 46.9 Å². The molecule has 0 aromatic heterocycles. The van der Waals surface area contributed by atoms with Crippen molar-refractivity contribution in [3.8, 4) is 5.75 Å². The van der Waals surface area contributed by atoms with Gasteiger partial charge in [-0.25, -0.2) is 0 Å². The van der Waals surface area contributed by atoms with Crippen molar-refractivity contribution < 1.29 is 9.84 Å². The average molecular weight is 357 g/mol. The summed E-state index contributed by atoms with van der Waals surface area (Å²) in [7, 11) is 1.62. The van der Waals surface area contributed by atoms with Gasteiger partial charge < -0.3 is 15.2 Å². The number of aliphatic hydroxyl groups excluding tert-OH is 1. The molecule has 2 rings (SSSR count). The number of para-hydroxylation sites is 1. The van der Waals surface area contributed by atoms with E-state index in [1.807, 2.05) is 36.4 Å². The van der Waals surface area contributed by atoms with Crippen LogP contribution in [0.25, 0.3) is 0 Å². The Morgan fingerprint density at radius 3 is 2.70 bits per heavy atom. The molecule has 0 heterocycles. The standard InChI is InChI=1S/C15H15BrClNO2/c1-20-15-5-3-2-4-11(15)14(9-19)18-10-6-7-13(17)12(16)8-10/h2-8,14,18-19H,9H2,1H3. The van der Waals surface area contributed by atoms with Crippen molar-refractivity contribution in [1.82, 2.24) is 0 Å². The van der Waals surface area contributed by atoms with Gasteiger partial charge >= 0.3 is 0 Å². The van der Waals surface area contributed by atoms with Gasteiger partial charge in [-0.3, -0.25) is 0 Å². The minimum absolute atomic E-state index is 0.0411. The molecular formula is C15H15BrClNO2. The summed E-state index contributed by atoms with van der Waals surface area (Å²) in [5.41, 5.74) is 1.77. The minimum Gasteiger partial charge on any atom is -0.496 e. The Morgan fingerprint density at radius 2 is 2.05 bits per heavy atom. The van der Waals surface area contributed by atoms with Crippen LogP contribution in [0, 0.1) is 0 Å². The summed E-state index contributed by atoms with van der Waals surface area (Å²) in [5, 5.41) is 13.5. The molecule has 2 aromatic carbocycles. The third kappa shape index (κ3) is 3.45. The van der Waals surface area contributed by atoms with Gasteiger partial charge in [-0.1, -0.05) is 29.8 Å². The Hall–Kier alpha value is -1.23. The molecule has 0 aliphatic carbocycles. The van der Waals surface area contributed by atoms with Crippen LogP contribution in [0.1, 0.15) is 11.6 Å².